The van der Waals surface area contributed by atoms with Crippen LogP contribution in [0.5, 0.6) is 0 Å². The van der Waals surface area contributed by atoms with Gasteiger partial charge in [-0.1, -0.05) is 32.6 Å². The smallest absolute Gasteiger partial charge is 0.253 e. The topological polar surface area (TPSA) is 64.3 Å². The first-order chi connectivity index (χ1) is 10.0. The number of carbonyl (C=O) groups is 1. The van der Waals surface area contributed by atoms with E-state index in [0.29, 0.717) is 12.3 Å². The Kier molecular flexibility index (Phi) is 7.75. The van der Waals surface area contributed by atoms with Crippen molar-refractivity contribution in [2.75, 3.05) is 17.7 Å². The SMILES string of the molecule is CCCCCCCOC(C)C(=O)Nc1ccc(F)cc1N. The van der Waals surface area contributed by atoms with Crippen LogP contribution in [0.15, 0.2) is 18.2 Å². The van der Waals surface area contributed by atoms with Gasteiger partial charge in [-0.3, -0.25) is 4.79 Å². The zero-order valence-electron chi connectivity index (χ0n) is 12.8. The van der Waals surface area contributed by atoms with Gasteiger partial charge in [0.25, 0.3) is 5.91 Å². The molecule has 0 fully saturated rings. The van der Waals surface area contributed by atoms with Gasteiger partial charge < -0.3 is 15.8 Å². The van der Waals surface area contributed by atoms with E-state index in [1.807, 2.05) is 0 Å². The van der Waals surface area contributed by atoms with Gasteiger partial charge in [0.1, 0.15) is 11.9 Å². The number of anilines is 2. The van der Waals surface area contributed by atoms with E-state index in [0.717, 1.165) is 12.8 Å². The fourth-order valence-electron chi connectivity index (χ4n) is 1.92. The zero-order valence-corrected chi connectivity index (χ0v) is 12.8. The summed E-state index contributed by atoms with van der Waals surface area (Å²) < 4.78 is 18.4. The number of nitrogens with two attached hydrogens (primary N) is 1. The molecule has 0 aliphatic rings. The van der Waals surface area contributed by atoms with E-state index in [1.54, 1.807) is 6.92 Å². The molecular weight excluding hydrogens is 271 g/mol. The molecule has 0 spiro atoms. The van der Waals surface area contributed by atoms with Crippen LogP contribution >= 0.6 is 0 Å². The number of halogens is 1. The number of unbranched alkanes of at least 4 members (excludes halogenated alkanes) is 4. The van der Waals surface area contributed by atoms with Crippen LogP contribution in [0.2, 0.25) is 0 Å². The lowest BCUT2D eigenvalue weighted by atomic mass is 10.2. The average molecular weight is 296 g/mol. The molecule has 0 aliphatic heterocycles. The molecule has 1 atom stereocenters. The minimum Gasteiger partial charge on any atom is -0.397 e. The quantitative estimate of drug-likeness (QED) is 0.539. The van der Waals surface area contributed by atoms with Gasteiger partial charge >= 0.3 is 0 Å². The van der Waals surface area contributed by atoms with Crippen LogP contribution in [0, 0.1) is 5.82 Å². The molecule has 0 radical (unpaired) electrons. The zero-order chi connectivity index (χ0) is 15.7. The molecule has 4 nitrogen and oxygen atoms in total. The Hall–Kier alpha value is -1.62. The number of hydrogen-bond acceptors (Lipinski definition) is 3. The summed E-state index contributed by atoms with van der Waals surface area (Å²) in [6, 6.07) is 3.88. The van der Waals surface area contributed by atoms with Crippen LogP contribution < -0.4 is 11.1 Å². The molecular formula is C16H25FN2O2. The molecule has 0 aromatic heterocycles. The van der Waals surface area contributed by atoms with E-state index >= 15 is 0 Å². The highest BCUT2D eigenvalue weighted by molar-refractivity contribution is 5.96. The monoisotopic (exact) mass is 296 g/mol. The molecule has 1 rings (SSSR count). The van der Waals surface area contributed by atoms with Crippen molar-refractivity contribution in [2.45, 2.75) is 52.1 Å². The maximum absolute atomic E-state index is 12.9. The van der Waals surface area contributed by atoms with E-state index in [1.165, 1.54) is 37.5 Å². The van der Waals surface area contributed by atoms with E-state index < -0.39 is 11.9 Å². The Labute approximate surface area is 125 Å². The molecule has 1 aromatic rings. The summed E-state index contributed by atoms with van der Waals surface area (Å²) in [6.07, 6.45) is 5.16. The first-order valence-corrected chi connectivity index (χ1v) is 7.52. The fraction of sp³-hybridized carbons (Fsp3) is 0.562. The maximum atomic E-state index is 12.9. The van der Waals surface area contributed by atoms with E-state index in [9.17, 15) is 9.18 Å². The summed E-state index contributed by atoms with van der Waals surface area (Å²) >= 11 is 0. The van der Waals surface area contributed by atoms with Crippen LogP contribution in [0.25, 0.3) is 0 Å². The highest BCUT2D eigenvalue weighted by atomic mass is 19.1. The second-order valence-electron chi connectivity index (χ2n) is 5.15. The summed E-state index contributed by atoms with van der Waals surface area (Å²) in [5.41, 5.74) is 6.25. The molecule has 5 heteroatoms. The average Bonchev–Trinajstić information content (AvgIpc) is 2.45. The summed E-state index contributed by atoms with van der Waals surface area (Å²) in [6.45, 7) is 4.43. The minimum absolute atomic E-state index is 0.204. The third-order valence-corrected chi connectivity index (χ3v) is 3.26. The van der Waals surface area contributed by atoms with Crippen molar-refractivity contribution in [1.29, 1.82) is 0 Å². The van der Waals surface area contributed by atoms with Gasteiger partial charge in [-0.05, 0) is 31.5 Å². The number of ether oxygens (including phenoxy) is 1. The standard InChI is InChI=1S/C16H25FN2O2/c1-3-4-5-6-7-10-21-12(2)16(20)19-15-9-8-13(17)11-14(15)18/h8-9,11-12H,3-7,10,18H2,1-2H3,(H,19,20). The minimum atomic E-state index is -0.555. The summed E-state index contributed by atoms with van der Waals surface area (Å²) in [5, 5.41) is 2.64. The maximum Gasteiger partial charge on any atom is 0.253 e. The normalized spacial score (nSPS) is 12.1. The van der Waals surface area contributed by atoms with Gasteiger partial charge in [-0.2, -0.15) is 0 Å². The molecule has 118 valence electrons. The fourth-order valence-corrected chi connectivity index (χ4v) is 1.92. The van der Waals surface area contributed by atoms with Crippen molar-refractivity contribution in [3.63, 3.8) is 0 Å². The summed E-state index contributed by atoms with van der Waals surface area (Å²) in [5.74, 6) is -0.705. The molecule has 0 saturated heterocycles. The molecule has 0 saturated carbocycles. The number of rotatable bonds is 9. The Morgan fingerprint density at radius 1 is 1.33 bits per heavy atom. The Morgan fingerprint density at radius 2 is 2.05 bits per heavy atom. The van der Waals surface area contributed by atoms with Crippen molar-refractivity contribution in [2.24, 2.45) is 0 Å². The number of nitrogens with one attached hydrogen (secondary N) is 1. The summed E-state index contributed by atoms with van der Waals surface area (Å²) in [4.78, 5) is 11.9. The highest BCUT2D eigenvalue weighted by Crippen LogP contribution is 2.19. The van der Waals surface area contributed by atoms with Crippen molar-refractivity contribution >= 4 is 17.3 Å². The lowest BCUT2D eigenvalue weighted by Crippen LogP contribution is -2.28. The number of carbonyl (C=O) groups excluding carboxylic acids is 1. The van der Waals surface area contributed by atoms with Gasteiger partial charge in [-0.25, -0.2) is 4.39 Å². The Bertz CT molecular complexity index is 452. The van der Waals surface area contributed by atoms with Gasteiger partial charge in [0.15, 0.2) is 0 Å². The lowest BCUT2D eigenvalue weighted by molar-refractivity contribution is -0.126. The molecule has 1 aromatic carbocycles. The molecule has 0 heterocycles. The van der Waals surface area contributed by atoms with Crippen LogP contribution in [-0.4, -0.2) is 18.6 Å². The van der Waals surface area contributed by atoms with Crippen LogP contribution in [0.4, 0.5) is 15.8 Å². The molecule has 0 aliphatic carbocycles. The van der Waals surface area contributed by atoms with E-state index in [4.69, 9.17) is 10.5 Å². The van der Waals surface area contributed by atoms with Gasteiger partial charge in [0.2, 0.25) is 0 Å². The van der Waals surface area contributed by atoms with E-state index in [-0.39, 0.29) is 11.6 Å². The first kappa shape index (κ1) is 17.4. The third-order valence-electron chi connectivity index (χ3n) is 3.26. The predicted molar refractivity (Wildman–Crippen MR) is 83.6 cm³/mol. The largest absolute Gasteiger partial charge is 0.397 e. The van der Waals surface area contributed by atoms with Crippen LogP contribution in [-0.2, 0) is 9.53 Å². The van der Waals surface area contributed by atoms with Crippen LogP contribution in [0.3, 0.4) is 0 Å². The van der Waals surface area contributed by atoms with Gasteiger partial charge in [0.05, 0.1) is 11.4 Å². The number of amides is 1. The van der Waals surface area contributed by atoms with Crippen molar-refractivity contribution < 1.29 is 13.9 Å². The number of hydrogen-bond donors (Lipinski definition) is 2. The van der Waals surface area contributed by atoms with Crippen molar-refractivity contribution in [3.8, 4) is 0 Å². The second-order valence-corrected chi connectivity index (χ2v) is 5.15. The van der Waals surface area contributed by atoms with E-state index in [2.05, 4.69) is 12.2 Å². The first-order valence-electron chi connectivity index (χ1n) is 7.52. The lowest BCUT2D eigenvalue weighted by Gasteiger charge is -2.14. The third kappa shape index (κ3) is 6.58. The molecule has 1 amide bonds. The van der Waals surface area contributed by atoms with Crippen LogP contribution in [0.1, 0.15) is 46.0 Å². The van der Waals surface area contributed by atoms with Gasteiger partial charge in [-0.15, -0.1) is 0 Å². The predicted octanol–water partition coefficient (Wildman–Crippen LogP) is 3.72. The number of benzene rings is 1. The van der Waals surface area contributed by atoms with Crippen molar-refractivity contribution in [1.82, 2.24) is 0 Å². The van der Waals surface area contributed by atoms with Crippen molar-refractivity contribution in [3.05, 3.63) is 24.0 Å². The number of nitrogen functional groups attached to an aromatic ring is 1. The molecule has 3 N–H and O–H groups in total. The van der Waals surface area contributed by atoms with Gasteiger partial charge in [0, 0.05) is 6.61 Å². The molecule has 21 heavy (non-hydrogen) atoms. The molecule has 0 bridgehead atoms. The summed E-state index contributed by atoms with van der Waals surface area (Å²) in [7, 11) is 0. The Balaban J connectivity index is 2.30. The Morgan fingerprint density at radius 3 is 2.71 bits per heavy atom. The second kappa shape index (κ2) is 9.34. The molecule has 1 unspecified atom stereocenters. The highest BCUT2D eigenvalue weighted by Gasteiger charge is 2.14.